The summed E-state index contributed by atoms with van der Waals surface area (Å²) in [5.41, 5.74) is 2.01. The third-order valence-electron chi connectivity index (χ3n) is 4.83. The zero-order valence-electron chi connectivity index (χ0n) is 19.1. The minimum atomic E-state index is -0.164. The van der Waals surface area contributed by atoms with E-state index in [0.717, 1.165) is 17.9 Å². The second-order valence-electron chi connectivity index (χ2n) is 7.52. The van der Waals surface area contributed by atoms with E-state index in [4.69, 9.17) is 9.47 Å². The molecule has 0 unspecified atom stereocenters. The molecular formula is C25H35N3O4. The van der Waals surface area contributed by atoms with Crippen molar-refractivity contribution in [2.75, 3.05) is 44.0 Å². The Hall–Kier alpha value is -3.06. The van der Waals surface area contributed by atoms with Crippen LogP contribution in [0.4, 0.5) is 11.4 Å². The van der Waals surface area contributed by atoms with Crippen LogP contribution in [0.25, 0.3) is 0 Å². The SMILES string of the molecule is CCCCCCCOc1cccc(NC(=O)CNc2ccc(C(=O)NCCOC)cc2)c1. The van der Waals surface area contributed by atoms with Crippen molar-refractivity contribution in [1.82, 2.24) is 5.32 Å². The van der Waals surface area contributed by atoms with Crippen LogP contribution in [0.1, 0.15) is 49.4 Å². The van der Waals surface area contributed by atoms with E-state index in [9.17, 15) is 9.59 Å². The van der Waals surface area contributed by atoms with E-state index in [0.29, 0.717) is 31.0 Å². The number of hydrogen-bond acceptors (Lipinski definition) is 5. The van der Waals surface area contributed by atoms with Gasteiger partial charge >= 0.3 is 0 Å². The van der Waals surface area contributed by atoms with Crippen LogP contribution in [0, 0.1) is 0 Å². The third kappa shape index (κ3) is 9.83. The maximum Gasteiger partial charge on any atom is 0.251 e. The highest BCUT2D eigenvalue weighted by molar-refractivity contribution is 5.95. The molecule has 0 saturated heterocycles. The molecule has 0 aromatic heterocycles. The number of anilines is 2. The van der Waals surface area contributed by atoms with Crippen molar-refractivity contribution in [3.05, 3.63) is 54.1 Å². The van der Waals surface area contributed by atoms with Gasteiger partial charge in [-0.3, -0.25) is 9.59 Å². The molecule has 2 amide bonds. The average molecular weight is 442 g/mol. The molecule has 0 heterocycles. The Bertz CT molecular complexity index is 824. The number of carbonyl (C=O) groups is 2. The molecular weight excluding hydrogens is 406 g/mol. The predicted molar refractivity (Wildman–Crippen MR) is 128 cm³/mol. The van der Waals surface area contributed by atoms with Gasteiger partial charge in [-0.2, -0.15) is 0 Å². The van der Waals surface area contributed by atoms with E-state index < -0.39 is 0 Å². The van der Waals surface area contributed by atoms with Gasteiger partial charge in [-0.1, -0.05) is 38.7 Å². The third-order valence-corrected chi connectivity index (χ3v) is 4.83. The molecule has 0 aliphatic heterocycles. The van der Waals surface area contributed by atoms with Crippen LogP contribution in [0.15, 0.2) is 48.5 Å². The standard InChI is InChI=1S/C25H35N3O4/c1-3-4-5-6-7-16-32-23-10-8-9-22(18-23)28-24(29)19-27-21-13-11-20(12-14-21)25(30)26-15-17-31-2/h8-14,18,27H,3-7,15-17,19H2,1-2H3,(H,26,30)(H,28,29). The Balaban J connectivity index is 1.73. The van der Waals surface area contributed by atoms with Gasteiger partial charge in [0.1, 0.15) is 5.75 Å². The number of carbonyl (C=O) groups excluding carboxylic acids is 2. The largest absolute Gasteiger partial charge is 0.494 e. The van der Waals surface area contributed by atoms with Gasteiger partial charge in [0.2, 0.25) is 5.91 Å². The highest BCUT2D eigenvalue weighted by Crippen LogP contribution is 2.18. The van der Waals surface area contributed by atoms with Crippen molar-refractivity contribution in [1.29, 1.82) is 0 Å². The van der Waals surface area contributed by atoms with E-state index >= 15 is 0 Å². The van der Waals surface area contributed by atoms with Crippen molar-refractivity contribution >= 4 is 23.2 Å². The summed E-state index contributed by atoms with van der Waals surface area (Å²) in [7, 11) is 1.59. The van der Waals surface area contributed by atoms with Crippen molar-refractivity contribution in [2.45, 2.75) is 39.0 Å². The molecule has 0 aliphatic rings. The number of hydrogen-bond donors (Lipinski definition) is 3. The summed E-state index contributed by atoms with van der Waals surface area (Å²) in [6.45, 7) is 3.93. The number of rotatable bonds is 15. The normalized spacial score (nSPS) is 10.4. The van der Waals surface area contributed by atoms with Crippen molar-refractivity contribution in [3.63, 3.8) is 0 Å². The lowest BCUT2D eigenvalue weighted by Gasteiger charge is -2.11. The quantitative estimate of drug-likeness (QED) is 0.355. The molecule has 2 aromatic carbocycles. The summed E-state index contributed by atoms with van der Waals surface area (Å²) < 4.78 is 10.7. The summed E-state index contributed by atoms with van der Waals surface area (Å²) in [5.74, 6) is 0.433. The van der Waals surface area contributed by atoms with Crippen LogP contribution in [0.2, 0.25) is 0 Å². The van der Waals surface area contributed by atoms with E-state index in [1.54, 1.807) is 31.4 Å². The van der Waals surface area contributed by atoms with E-state index in [-0.39, 0.29) is 18.4 Å². The Morgan fingerprint density at radius 3 is 2.44 bits per heavy atom. The Kier molecular flexibility index (Phi) is 11.7. The van der Waals surface area contributed by atoms with Gasteiger partial charge in [0.05, 0.1) is 19.8 Å². The van der Waals surface area contributed by atoms with Crippen LogP contribution in [0.5, 0.6) is 5.75 Å². The van der Waals surface area contributed by atoms with Crippen LogP contribution >= 0.6 is 0 Å². The first-order chi connectivity index (χ1) is 15.6. The van der Waals surface area contributed by atoms with Gasteiger partial charge < -0.3 is 25.4 Å². The molecule has 0 radical (unpaired) electrons. The molecule has 2 aromatic rings. The molecule has 0 saturated carbocycles. The molecule has 7 heteroatoms. The van der Waals surface area contributed by atoms with Crippen molar-refractivity contribution < 1.29 is 19.1 Å². The first kappa shape index (κ1) is 25.2. The number of benzene rings is 2. The molecule has 3 N–H and O–H groups in total. The molecule has 0 atom stereocenters. The fraction of sp³-hybridized carbons (Fsp3) is 0.440. The summed E-state index contributed by atoms with van der Waals surface area (Å²) in [6, 6.07) is 14.4. The minimum absolute atomic E-state index is 0.113. The Labute approximate surface area is 190 Å². The second-order valence-corrected chi connectivity index (χ2v) is 7.52. The number of unbranched alkanes of at least 4 members (excludes halogenated alkanes) is 4. The fourth-order valence-corrected chi connectivity index (χ4v) is 3.05. The Morgan fingerprint density at radius 2 is 1.69 bits per heavy atom. The molecule has 0 bridgehead atoms. The summed E-state index contributed by atoms with van der Waals surface area (Å²) in [5, 5.41) is 8.70. The minimum Gasteiger partial charge on any atom is -0.494 e. The molecule has 174 valence electrons. The first-order valence-electron chi connectivity index (χ1n) is 11.3. The van der Waals surface area contributed by atoms with Crippen LogP contribution in [-0.4, -0.2) is 45.2 Å². The highest BCUT2D eigenvalue weighted by atomic mass is 16.5. The topological polar surface area (TPSA) is 88.7 Å². The lowest BCUT2D eigenvalue weighted by Crippen LogP contribution is -2.26. The van der Waals surface area contributed by atoms with Gasteiger partial charge in [-0.15, -0.1) is 0 Å². The molecule has 7 nitrogen and oxygen atoms in total. The zero-order chi connectivity index (χ0) is 23.0. The van der Waals surface area contributed by atoms with Gasteiger partial charge in [0.25, 0.3) is 5.91 Å². The van der Waals surface area contributed by atoms with Crippen LogP contribution < -0.4 is 20.7 Å². The Morgan fingerprint density at radius 1 is 0.906 bits per heavy atom. The van der Waals surface area contributed by atoms with Crippen LogP contribution in [0.3, 0.4) is 0 Å². The number of methoxy groups -OCH3 is 1. The van der Waals surface area contributed by atoms with E-state index in [1.807, 2.05) is 24.3 Å². The smallest absolute Gasteiger partial charge is 0.251 e. The van der Waals surface area contributed by atoms with Gasteiger partial charge in [0.15, 0.2) is 0 Å². The maximum atomic E-state index is 12.3. The summed E-state index contributed by atoms with van der Waals surface area (Å²) >= 11 is 0. The first-order valence-corrected chi connectivity index (χ1v) is 11.3. The maximum absolute atomic E-state index is 12.3. The van der Waals surface area contributed by atoms with Gasteiger partial charge in [-0.25, -0.2) is 0 Å². The number of ether oxygens (including phenoxy) is 2. The van der Waals surface area contributed by atoms with Crippen LogP contribution in [-0.2, 0) is 9.53 Å². The average Bonchev–Trinajstić information content (AvgIpc) is 2.80. The van der Waals surface area contributed by atoms with E-state index in [1.165, 1.54) is 25.7 Å². The van der Waals surface area contributed by atoms with Crippen molar-refractivity contribution in [2.24, 2.45) is 0 Å². The monoisotopic (exact) mass is 441 g/mol. The van der Waals surface area contributed by atoms with Gasteiger partial charge in [0, 0.05) is 36.7 Å². The zero-order valence-corrected chi connectivity index (χ0v) is 19.1. The predicted octanol–water partition coefficient (Wildman–Crippen LogP) is 4.46. The van der Waals surface area contributed by atoms with Crippen molar-refractivity contribution in [3.8, 4) is 5.75 Å². The van der Waals surface area contributed by atoms with Gasteiger partial charge in [-0.05, 0) is 42.8 Å². The summed E-state index contributed by atoms with van der Waals surface area (Å²) in [6.07, 6.45) is 5.95. The van der Waals surface area contributed by atoms with E-state index in [2.05, 4.69) is 22.9 Å². The number of nitrogens with one attached hydrogen (secondary N) is 3. The molecule has 2 rings (SSSR count). The highest BCUT2D eigenvalue weighted by Gasteiger charge is 2.06. The summed E-state index contributed by atoms with van der Waals surface area (Å²) in [4.78, 5) is 24.3. The molecule has 0 aliphatic carbocycles. The molecule has 32 heavy (non-hydrogen) atoms. The second kappa shape index (κ2) is 14.9. The lowest BCUT2D eigenvalue weighted by atomic mass is 10.2. The fourth-order valence-electron chi connectivity index (χ4n) is 3.05. The number of amides is 2. The molecule has 0 spiro atoms. The molecule has 0 fully saturated rings. The lowest BCUT2D eigenvalue weighted by molar-refractivity contribution is -0.114.